The minimum atomic E-state index is -0.878. The van der Waals surface area contributed by atoms with Gasteiger partial charge in [-0.3, -0.25) is 4.21 Å². The molecule has 0 fully saturated rings. The second-order valence-corrected chi connectivity index (χ2v) is 4.77. The van der Waals surface area contributed by atoms with Crippen LogP contribution in [0.15, 0.2) is 0 Å². The maximum atomic E-state index is 11.0. The fourth-order valence-electron chi connectivity index (χ4n) is 1.14. The van der Waals surface area contributed by atoms with E-state index in [0.717, 1.165) is 0 Å². The van der Waals surface area contributed by atoms with E-state index in [1.165, 1.54) is 7.11 Å². The first kappa shape index (κ1) is 12.6. The molecule has 1 aromatic rings. The third-order valence-corrected chi connectivity index (χ3v) is 2.64. The first-order valence-electron chi connectivity index (χ1n) is 4.63. The van der Waals surface area contributed by atoms with Crippen LogP contribution in [0.25, 0.3) is 0 Å². The van der Waals surface area contributed by atoms with Crippen molar-refractivity contribution in [3.63, 3.8) is 0 Å². The molecule has 7 nitrogen and oxygen atoms in total. The lowest BCUT2D eigenvalue weighted by molar-refractivity contribution is 0.379. The number of nitrogens with one attached hydrogen (secondary N) is 1. The molecule has 1 aromatic heterocycles. The quantitative estimate of drug-likeness (QED) is 0.730. The highest BCUT2D eigenvalue weighted by atomic mass is 32.2. The van der Waals surface area contributed by atoms with E-state index in [9.17, 15) is 4.21 Å². The van der Waals surface area contributed by atoms with Crippen LogP contribution in [-0.2, 0) is 10.8 Å². The van der Waals surface area contributed by atoms with Crippen LogP contribution >= 0.6 is 0 Å². The molecule has 0 amide bonds. The summed E-state index contributed by atoms with van der Waals surface area (Å²) in [4.78, 5) is 11.6. The van der Waals surface area contributed by atoms with Gasteiger partial charge in [-0.2, -0.15) is 15.0 Å². The highest BCUT2D eigenvalue weighted by Gasteiger charge is 2.09. The monoisotopic (exact) mass is 245 g/mol. The third-order valence-electron chi connectivity index (χ3n) is 1.67. The van der Waals surface area contributed by atoms with E-state index in [4.69, 9.17) is 10.5 Å². The van der Waals surface area contributed by atoms with Gasteiger partial charge in [0.15, 0.2) is 0 Å². The number of aromatic nitrogens is 3. The summed E-state index contributed by atoms with van der Waals surface area (Å²) < 4.78 is 15.9. The Hall–Kier alpha value is -1.44. The number of rotatable bonds is 5. The number of nitrogen functional groups attached to an aromatic ring is 1. The number of hydrogen-bond acceptors (Lipinski definition) is 7. The first-order chi connectivity index (χ1) is 7.51. The van der Waals surface area contributed by atoms with Gasteiger partial charge in [0.2, 0.25) is 11.9 Å². The van der Waals surface area contributed by atoms with Gasteiger partial charge in [-0.05, 0) is 6.92 Å². The highest BCUT2D eigenvalue weighted by Crippen LogP contribution is 2.09. The molecule has 0 saturated heterocycles. The molecular formula is C8H15N5O2S. The zero-order valence-electron chi connectivity index (χ0n) is 9.43. The predicted molar refractivity (Wildman–Crippen MR) is 62.8 cm³/mol. The van der Waals surface area contributed by atoms with Crippen molar-refractivity contribution in [1.29, 1.82) is 0 Å². The van der Waals surface area contributed by atoms with Crippen molar-refractivity contribution in [3.05, 3.63) is 0 Å². The normalized spacial score (nSPS) is 14.2. The molecule has 0 bridgehead atoms. The van der Waals surface area contributed by atoms with Gasteiger partial charge in [-0.1, -0.05) is 0 Å². The van der Waals surface area contributed by atoms with Crippen LogP contribution in [0.4, 0.5) is 11.9 Å². The van der Waals surface area contributed by atoms with E-state index in [0.29, 0.717) is 11.7 Å². The molecule has 8 heteroatoms. The summed E-state index contributed by atoms with van der Waals surface area (Å²) in [7, 11) is 0.570. The van der Waals surface area contributed by atoms with E-state index < -0.39 is 10.8 Å². The van der Waals surface area contributed by atoms with Crippen molar-refractivity contribution in [1.82, 2.24) is 15.0 Å². The molecular weight excluding hydrogens is 230 g/mol. The third kappa shape index (κ3) is 3.97. The lowest BCUT2D eigenvalue weighted by Gasteiger charge is -2.12. The zero-order valence-corrected chi connectivity index (χ0v) is 10.2. The summed E-state index contributed by atoms with van der Waals surface area (Å²) in [6.07, 6.45) is 1.64. The van der Waals surface area contributed by atoms with Crippen molar-refractivity contribution < 1.29 is 8.95 Å². The molecule has 1 heterocycles. The van der Waals surface area contributed by atoms with Gasteiger partial charge in [-0.15, -0.1) is 0 Å². The average molecular weight is 245 g/mol. The molecule has 1 rings (SSSR count). The highest BCUT2D eigenvalue weighted by molar-refractivity contribution is 7.84. The summed E-state index contributed by atoms with van der Waals surface area (Å²) in [6, 6.07) is 0.136. The second-order valence-electron chi connectivity index (χ2n) is 3.29. The van der Waals surface area contributed by atoms with Crippen LogP contribution in [0.2, 0.25) is 0 Å². The Morgan fingerprint density at radius 3 is 2.75 bits per heavy atom. The van der Waals surface area contributed by atoms with Crippen LogP contribution in [0.3, 0.4) is 0 Å². The second kappa shape index (κ2) is 5.59. The first-order valence-corrected chi connectivity index (χ1v) is 6.36. The molecule has 0 aromatic carbocycles. The Kier molecular flexibility index (Phi) is 4.41. The molecule has 0 aliphatic heterocycles. The topological polar surface area (TPSA) is 103 Å². The Morgan fingerprint density at radius 1 is 1.50 bits per heavy atom. The summed E-state index contributed by atoms with van der Waals surface area (Å²) in [5.41, 5.74) is 5.47. The maximum Gasteiger partial charge on any atom is 0.322 e. The average Bonchev–Trinajstić information content (AvgIpc) is 2.14. The number of nitrogens with zero attached hydrogens (tertiary/aromatic N) is 3. The maximum absolute atomic E-state index is 11.0. The molecule has 2 unspecified atom stereocenters. The SMILES string of the molecule is COc1nc(N)nc(NC(C)CS(C)=O)n1. The largest absolute Gasteiger partial charge is 0.467 e. The van der Waals surface area contributed by atoms with Crippen LogP contribution in [-0.4, -0.2) is 44.3 Å². The number of ether oxygens (including phenoxy) is 1. The molecule has 0 spiro atoms. The minimum Gasteiger partial charge on any atom is -0.467 e. The van der Waals surface area contributed by atoms with Crippen molar-refractivity contribution >= 4 is 22.7 Å². The van der Waals surface area contributed by atoms with Gasteiger partial charge in [0, 0.05) is 28.9 Å². The molecule has 16 heavy (non-hydrogen) atoms. The number of nitrogens with two attached hydrogens (primary N) is 1. The lowest BCUT2D eigenvalue weighted by atomic mass is 10.4. The fourth-order valence-corrected chi connectivity index (χ4v) is 1.93. The predicted octanol–water partition coefficient (Wildman–Crippen LogP) is -0.359. The minimum absolute atomic E-state index is 0.0164. The molecule has 0 aliphatic carbocycles. The van der Waals surface area contributed by atoms with Crippen molar-refractivity contribution in [2.75, 3.05) is 30.2 Å². The van der Waals surface area contributed by atoms with Gasteiger partial charge in [0.25, 0.3) is 0 Å². The standard InChI is InChI=1S/C8H15N5O2S/c1-5(4-16(3)14)10-7-11-6(9)12-8(13-7)15-2/h5H,4H2,1-3H3,(H3,9,10,11,12,13). The Morgan fingerprint density at radius 2 is 2.19 bits per heavy atom. The number of hydrogen-bond donors (Lipinski definition) is 2. The fraction of sp³-hybridized carbons (Fsp3) is 0.625. The number of methoxy groups -OCH3 is 1. The van der Waals surface area contributed by atoms with Gasteiger partial charge >= 0.3 is 6.01 Å². The van der Waals surface area contributed by atoms with E-state index in [1.807, 2.05) is 6.92 Å². The molecule has 3 N–H and O–H groups in total. The van der Waals surface area contributed by atoms with Gasteiger partial charge in [-0.25, -0.2) is 0 Å². The van der Waals surface area contributed by atoms with Crippen LogP contribution in [0.5, 0.6) is 6.01 Å². The van der Waals surface area contributed by atoms with Crippen molar-refractivity contribution in [2.45, 2.75) is 13.0 Å². The summed E-state index contributed by atoms with van der Waals surface area (Å²) in [5, 5.41) is 2.97. The molecule has 2 atom stereocenters. The van der Waals surface area contributed by atoms with E-state index in [2.05, 4.69) is 20.3 Å². The molecule has 90 valence electrons. The molecule has 0 radical (unpaired) electrons. The molecule has 0 saturated carbocycles. The van der Waals surface area contributed by atoms with Gasteiger partial charge < -0.3 is 15.8 Å². The zero-order chi connectivity index (χ0) is 12.1. The van der Waals surface area contributed by atoms with E-state index in [-0.39, 0.29) is 18.0 Å². The van der Waals surface area contributed by atoms with Crippen molar-refractivity contribution in [3.8, 4) is 6.01 Å². The Bertz CT molecular complexity index is 387. The lowest BCUT2D eigenvalue weighted by Crippen LogP contribution is -2.24. The summed E-state index contributed by atoms with van der Waals surface area (Å²) >= 11 is 0. The van der Waals surface area contributed by atoms with Gasteiger partial charge in [0.1, 0.15) is 0 Å². The number of anilines is 2. The molecule has 0 aliphatic rings. The van der Waals surface area contributed by atoms with Crippen LogP contribution < -0.4 is 15.8 Å². The van der Waals surface area contributed by atoms with Crippen molar-refractivity contribution in [2.24, 2.45) is 0 Å². The smallest absolute Gasteiger partial charge is 0.322 e. The summed E-state index contributed by atoms with van der Waals surface area (Å²) in [5.74, 6) is 0.912. The van der Waals surface area contributed by atoms with E-state index >= 15 is 0 Å². The van der Waals surface area contributed by atoms with Crippen LogP contribution in [0.1, 0.15) is 6.92 Å². The summed E-state index contributed by atoms with van der Waals surface area (Å²) in [6.45, 7) is 1.88. The van der Waals surface area contributed by atoms with Crippen LogP contribution in [0, 0.1) is 0 Å². The van der Waals surface area contributed by atoms with Gasteiger partial charge in [0.05, 0.1) is 7.11 Å². The van der Waals surface area contributed by atoms with E-state index in [1.54, 1.807) is 6.26 Å². The Balaban J connectivity index is 2.72. The Labute approximate surface area is 96.3 Å².